The van der Waals surface area contributed by atoms with Gasteiger partial charge in [-0.05, 0) is 30.6 Å². The first-order chi connectivity index (χ1) is 10.7. The minimum atomic E-state index is -0.723. The highest BCUT2D eigenvalue weighted by Gasteiger charge is 2.19. The van der Waals surface area contributed by atoms with E-state index < -0.39 is 12.1 Å². The van der Waals surface area contributed by atoms with Crippen molar-refractivity contribution in [2.75, 3.05) is 19.8 Å². The molecule has 1 atom stereocenters. The number of esters is 1. The van der Waals surface area contributed by atoms with E-state index in [1.54, 1.807) is 31.2 Å². The summed E-state index contributed by atoms with van der Waals surface area (Å²) in [6, 6.07) is 7.04. The third-order valence-electron chi connectivity index (χ3n) is 2.77. The van der Waals surface area contributed by atoms with E-state index in [4.69, 9.17) is 15.2 Å². The lowest BCUT2D eigenvalue weighted by Crippen LogP contribution is -2.26. The van der Waals surface area contributed by atoms with E-state index in [2.05, 4.69) is 9.59 Å². The summed E-state index contributed by atoms with van der Waals surface area (Å²) in [6.07, 6.45) is -0.723. The number of ether oxygens (including phenoxy) is 2. The number of carbonyl (C=O) groups is 1. The molecule has 0 spiro atoms. The third kappa shape index (κ3) is 4.00. The molecule has 0 aliphatic heterocycles. The largest absolute Gasteiger partial charge is 0.491 e. The molecular weight excluding hydrogens is 306 g/mol. The van der Waals surface area contributed by atoms with Crippen LogP contribution in [0.4, 0.5) is 0 Å². The fourth-order valence-corrected chi connectivity index (χ4v) is 2.29. The van der Waals surface area contributed by atoms with Crippen LogP contribution in [0.3, 0.4) is 0 Å². The second-order valence-corrected chi connectivity index (χ2v) is 5.15. The molecule has 0 radical (unpaired) electrons. The predicted molar refractivity (Wildman–Crippen MR) is 81.9 cm³/mol. The van der Waals surface area contributed by atoms with Crippen LogP contribution >= 0.6 is 11.5 Å². The van der Waals surface area contributed by atoms with Crippen LogP contribution in [-0.2, 0) is 4.74 Å². The zero-order valence-electron chi connectivity index (χ0n) is 12.1. The molecule has 2 rings (SSSR count). The van der Waals surface area contributed by atoms with Crippen molar-refractivity contribution in [3.05, 3.63) is 29.1 Å². The first-order valence-corrected chi connectivity index (χ1v) is 7.53. The van der Waals surface area contributed by atoms with Gasteiger partial charge in [-0.2, -0.15) is 0 Å². The lowest BCUT2D eigenvalue weighted by molar-refractivity contribution is 0.0532. The fourth-order valence-electron chi connectivity index (χ4n) is 1.70. The Morgan fingerprint density at radius 3 is 3.05 bits per heavy atom. The molecule has 3 N–H and O–H groups in total. The predicted octanol–water partition coefficient (Wildman–Crippen LogP) is 1.08. The first-order valence-electron chi connectivity index (χ1n) is 6.76. The van der Waals surface area contributed by atoms with E-state index in [0.717, 1.165) is 11.5 Å². The second kappa shape index (κ2) is 7.83. The summed E-state index contributed by atoms with van der Waals surface area (Å²) >= 11 is 0.987. The number of benzene rings is 1. The molecule has 0 bridgehead atoms. The number of nitrogens with zero attached hydrogens (tertiary/aromatic N) is 2. The molecular formula is C14H17N3O4S. The molecule has 0 saturated heterocycles. The fraction of sp³-hybridized carbons (Fsp3) is 0.357. The number of carbonyl (C=O) groups excluding carboxylic acids is 1. The normalized spacial score (nSPS) is 12.0. The molecule has 0 aliphatic rings. The topological polar surface area (TPSA) is 108 Å². The SMILES string of the molecule is CCOC(=O)c1snnc1-c1cccc(OCC(O)CN)c1. The van der Waals surface area contributed by atoms with Gasteiger partial charge in [0.15, 0.2) is 4.88 Å². The van der Waals surface area contributed by atoms with Crippen molar-refractivity contribution in [1.82, 2.24) is 9.59 Å². The standard InChI is InChI=1S/C14H17N3O4S/c1-2-20-14(19)13-12(16-17-22-13)9-4-3-5-11(6-9)21-8-10(18)7-15/h3-6,10,18H,2,7-8,15H2,1H3. The van der Waals surface area contributed by atoms with Crippen molar-refractivity contribution >= 4 is 17.5 Å². The van der Waals surface area contributed by atoms with Gasteiger partial charge in [0.1, 0.15) is 24.2 Å². The van der Waals surface area contributed by atoms with E-state index in [0.29, 0.717) is 21.9 Å². The molecule has 1 aromatic heterocycles. The van der Waals surface area contributed by atoms with Crippen molar-refractivity contribution in [3.63, 3.8) is 0 Å². The number of hydrogen-bond donors (Lipinski definition) is 2. The van der Waals surface area contributed by atoms with Crippen molar-refractivity contribution in [2.45, 2.75) is 13.0 Å². The van der Waals surface area contributed by atoms with Gasteiger partial charge in [0.2, 0.25) is 0 Å². The van der Waals surface area contributed by atoms with Gasteiger partial charge >= 0.3 is 5.97 Å². The Morgan fingerprint density at radius 1 is 1.50 bits per heavy atom. The molecule has 1 heterocycles. The van der Waals surface area contributed by atoms with Gasteiger partial charge in [-0.3, -0.25) is 0 Å². The number of nitrogens with two attached hydrogens (primary N) is 1. The highest BCUT2D eigenvalue weighted by molar-refractivity contribution is 7.08. The van der Waals surface area contributed by atoms with Gasteiger partial charge in [0.05, 0.1) is 6.61 Å². The van der Waals surface area contributed by atoms with Crippen molar-refractivity contribution in [2.24, 2.45) is 5.73 Å². The highest BCUT2D eigenvalue weighted by atomic mass is 32.1. The molecule has 0 saturated carbocycles. The molecule has 118 valence electrons. The number of aliphatic hydroxyl groups is 1. The minimum Gasteiger partial charge on any atom is -0.491 e. The van der Waals surface area contributed by atoms with Crippen LogP contribution < -0.4 is 10.5 Å². The van der Waals surface area contributed by atoms with Crippen LogP contribution in [-0.4, -0.2) is 46.5 Å². The van der Waals surface area contributed by atoms with Crippen LogP contribution in [0, 0.1) is 0 Å². The van der Waals surface area contributed by atoms with E-state index in [1.165, 1.54) is 0 Å². The van der Waals surface area contributed by atoms with Crippen LogP contribution in [0.1, 0.15) is 16.6 Å². The average molecular weight is 323 g/mol. The van der Waals surface area contributed by atoms with Crippen LogP contribution in [0.5, 0.6) is 5.75 Å². The summed E-state index contributed by atoms with van der Waals surface area (Å²) in [4.78, 5) is 12.2. The van der Waals surface area contributed by atoms with Gasteiger partial charge in [0, 0.05) is 12.1 Å². The Bertz CT molecular complexity index is 632. The van der Waals surface area contributed by atoms with Gasteiger partial charge in [0.25, 0.3) is 0 Å². The molecule has 7 nitrogen and oxygen atoms in total. The third-order valence-corrected chi connectivity index (χ3v) is 3.48. The van der Waals surface area contributed by atoms with Crippen molar-refractivity contribution in [3.8, 4) is 17.0 Å². The van der Waals surface area contributed by atoms with E-state index in [9.17, 15) is 9.90 Å². The number of hydrogen-bond acceptors (Lipinski definition) is 8. The monoisotopic (exact) mass is 323 g/mol. The van der Waals surface area contributed by atoms with Gasteiger partial charge < -0.3 is 20.3 Å². The van der Waals surface area contributed by atoms with Gasteiger partial charge in [-0.15, -0.1) is 5.10 Å². The van der Waals surface area contributed by atoms with E-state index in [1.807, 2.05) is 0 Å². The van der Waals surface area contributed by atoms with Crippen molar-refractivity contribution < 1.29 is 19.4 Å². The summed E-state index contributed by atoms with van der Waals surface area (Å²) in [6.45, 7) is 2.25. The summed E-state index contributed by atoms with van der Waals surface area (Å²) in [5.74, 6) is 0.102. The summed E-state index contributed by atoms with van der Waals surface area (Å²) in [5, 5.41) is 13.4. The Balaban J connectivity index is 2.19. The van der Waals surface area contributed by atoms with Crippen LogP contribution in [0.25, 0.3) is 11.3 Å². The second-order valence-electron chi connectivity index (χ2n) is 4.40. The first kappa shape index (κ1) is 16.3. The smallest absolute Gasteiger partial charge is 0.352 e. The Morgan fingerprint density at radius 2 is 2.32 bits per heavy atom. The average Bonchev–Trinajstić information content (AvgIpc) is 3.03. The minimum absolute atomic E-state index is 0.0972. The van der Waals surface area contributed by atoms with Gasteiger partial charge in [-0.1, -0.05) is 16.6 Å². The summed E-state index contributed by atoms with van der Waals surface area (Å²) in [7, 11) is 0. The van der Waals surface area contributed by atoms with Gasteiger partial charge in [-0.25, -0.2) is 4.79 Å². The zero-order chi connectivity index (χ0) is 15.9. The van der Waals surface area contributed by atoms with Crippen molar-refractivity contribution in [1.29, 1.82) is 0 Å². The summed E-state index contributed by atoms with van der Waals surface area (Å²) < 4.78 is 14.3. The maximum absolute atomic E-state index is 11.9. The molecule has 0 aliphatic carbocycles. The number of aliphatic hydroxyl groups excluding tert-OH is 1. The zero-order valence-corrected chi connectivity index (χ0v) is 12.9. The molecule has 1 aromatic carbocycles. The lowest BCUT2D eigenvalue weighted by atomic mass is 10.1. The molecule has 22 heavy (non-hydrogen) atoms. The molecule has 2 aromatic rings. The highest BCUT2D eigenvalue weighted by Crippen LogP contribution is 2.27. The van der Waals surface area contributed by atoms with E-state index >= 15 is 0 Å². The lowest BCUT2D eigenvalue weighted by Gasteiger charge is -2.11. The Hall–Kier alpha value is -2.03. The van der Waals surface area contributed by atoms with Crippen LogP contribution in [0.15, 0.2) is 24.3 Å². The maximum atomic E-state index is 11.9. The molecule has 0 fully saturated rings. The quantitative estimate of drug-likeness (QED) is 0.734. The Labute approximate surface area is 131 Å². The molecule has 1 unspecified atom stereocenters. The Kier molecular flexibility index (Phi) is 5.82. The van der Waals surface area contributed by atoms with E-state index in [-0.39, 0.29) is 19.8 Å². The maximum Gasteiger partial charge on any atom is 0.352 e. The van der Waals surface area contributed by atoms with Crippen LogP contribution in [0.2, 0.25) is 0 Å². The molecule has 0 amide bonds. The summed E-state index contributed by atoms with van der Waals surface area (Å²) in [5.41, 5.74) is 6.47. The number of aromatic nitrogens is 2. The molecule has 8 heteroatoms. The number of rotatable bonds is 7.